The van der Waals surface area contributed by atoms with Gasteiger partial charge in [-0.1, -0.05) is 13.8 Å². The van der Waals surface area contributed by atoms with Crippen LogP contribution in [0.1, 0.15) is 74.2 Å². The minimum absolute atomic E-state index is 0.0697. The van der Waals surface area contributed by atoms with Crippen LogP contribution in [0.3, 0.4) is 0 Å². The van der Waals surface area contributed by atoms with Crippen LogP contribution in [0.4, 0.5) is 4.79 Å². The Morgan fingerprint density at radius 1 is 0.941 bits per heavy atom. The molecule has 0 aromatic carbocycles. The molecule has 2 heterocycles. The maximum absolute atomic E-state index is 13.0. The number of nitrogens with one attached hydrogen (secondary N) is 2. The van der Waals surface area contributed by atoms with E-state index in [4.69, 9.17) is 13.9 Å². The average Bonchev–Trinajstić information content (AvgIpc) is 3.17. The van der Waals surface area contributed by atoms with Crippen molar-refractivity contribution in [2.24, 2.45) is 5.92 Å². The van der Waals surface area contributed by atoms with E-state index in [9.17, 15) is 9.59 Å². The van der Waals surface area contributed by atoms with Crippen molar-refractivity contribution in [2.45, 2.75) is 91.7 Å². The van der Waals surface area contributed by atoms with E-state index in [1.165, 1.54) is 0 Å². The van der Waals surface area contributed by atoms with Gasteiger partial charge >= 0.3 is 12.0 Å². The first-order valence-corrected chi connectivity index (χ1v) is 11.4. The minimum Gasteiger partial charge on any atom is -0.458 e. The SMILES string of the molecule is CC(OC(C)(C)C)[C@H](NC(=O)N[C@H](c1nnc(-c2ccncc2)o1)C(C)C)C(=O)OC(C)(C)C. The number of amides is 2. The molecule has 0 fully saturated rings. The Balaban J connectivity index is 2.19. The second-order valence-corrected chi connectivity index (χ2v) is 10.5. The molecule has 0 spiro atoms. The maximum Gasteiger partial charge on any atom is 0.331 e. The lowest BCUT2D eigenvalue weighted by Gasteiger charge is -2.32. The highest BCUT2D eigenvalue weighted by molar-refractivity contribution is 5.84. The number of urea groups is 1. The van der Waals surface area contributed by atoms with E-state index in [2.05, 4.69) is 25.8 Å². The van der Waals surface area contributed by atoms with Crippen molar-refractivity contribution in [3.63, 3.8) is 0 Å². The molecule has 10 nitrogen and oxygen atoms in total. The molecule has 0 saturated heterocycles. The van der Waals surface area contributed by atoms with Crippen molar-refractivity contribution in [1.29, 1.82) is 0 Å². The van der Waals surface area contributed by atoms with E-state index >= 15 is 0 Å². The zero-order valence-corrected chi connectivity index (χ0v) is 21.5. The van der Waals surface area contributed by atoms with E-state index in [0.717, 1.165) is 5.56 Å². The Labute approximate surface area is 201 Å². The quantitative estimate of drug-likeness (QED) is 0.547. The Morgan fingerprint density at radius 2 is 1.56 bits per heavy atom. The van der Waals surface area contributed by atoms with Crippen LogP contribution in [0, 0.1) is 5.92 Å². The number of pyridine rings is 1. The van der Waals surface area contributed by atoms with Gasteiger partial charge in [0, 0.05) is 18.0 Å². The lowest BCUT2D eigenvalue weighted by molar-refractivity contribution is -0.164. The van der Waals surface area contributed by atoms with Crippen LogP contribution in [-0.2, 0) is 14.3 Å². The molecular weight excluding hydrogens is 438 g/mol. The van der Waals surface area contributed by atoms with Gasteiger partial charge in [-0.2, -0.15) is 0 Å². The van der Waals surface area contributed by atoms with E-state index in [0.29, 0.717) is 5.89 Å². The van der Waals surface area contributed by atoms with Crippen LogP contribution in [0.2, 0.25) is 0 Å². The Kier molecular flexibility index (Phi) is 8.77. The van der Waals surface area contributed by atoms with Gasteiger partial charge in [0.1, 0.15) is 11.6 Å². The first kappa shape index (κ1) is 27.2. The second kappa shape index (κ2) is 10.9. The fraction of sp³-hybridized carbons (Fsp3) is 0.625. The van der Waals surface area contributed by atoms with E-state index in [1.807, 2.05) is 34.6 Å². The van der Waals surface area contributed by atoms with Crippen LogP contribution in [0.15, 0.2) is 28.9 Å². The highest BCUT2D eigenvalue weighted by atomic mass is 16.6. The summed E-state index contributed by atoms with van der Waals surface area (Å²) in [7, 11) is 0. The number of ether oxygens (including phenoxy) is 2. The fourth-order valence-electron chi connectivity index (χ4n) is 3.17. The number of carbonyl (C=O) groups excluding carboxylic acids is 2. The molecule has 0 saturated carbocycles. The molecule has 0 radical (unpaired) electrons. The first-order chi connectivity index (χ1) is 15.7. The minimum atomic E-state index is -1.03. The summed E-state index contributed by atoms with van der Waals surface area (Å²) in [5, 5.41) is 13.8. The van der Waals surface area contributed by atoms with Crippen LogP contribution in [-0.4, -0.2) is 50.5 Å². The predicted octanol–water partition coefficient (Wildman–Crippen LogP) is 4.04. The highest BCUT2D eigenvalue weighted by Gasteiger charge is 2.35. The largest absolute Gasteiger partial charge is 0.458 e. The van der Waals surface area contributed by atoms with Crippen LogP contribution in [0.5, 0.6) is 0 Å². The third-order valence-electron chi connectivity index (χ3n) is 4.54. The van der Waals surface area contributed by atoms with Crippen molar-refractivity contribution in [2.75, 3.05) is 0 Å². The number of rotatable bonds is 8. The molecular formula is C24H37N5O5. The molecule has 0 bridgehead atoms. The number of hydrogen-bond acceptors (Lipinski definition) is 8. The molecule has 1 unspecified atom stereocenters. The summed E-state index contributed by atoms with van der Waals surface area (Å²) >= 11 is 0. The second-order valence-electron chi connectivity index (χ2n) is 10.5. The van der Waals surface area contributed by atoms with Gasteiger partial charge in [0.05, 0.1) is 11.7 Å². The fourth-order valence-corrected chi connectivity index (χ4v) is 3.17. The molecule has 2 rings (SSSR count). The van der Waals surface area contributed by atoms with Crippen LogP contribution >= 0.6 is 0 Å². The van der Waals surface area contributed by atoms with Crippen LogP contribution < -0.4 is 10.6 Å². The standard InChI is InChI=1S/C24H37N5O5/c1-14(2)17(20-29-28-19(32-20)16-10-12-25-13-11-16)26-22(31)27-18(15(3)33-23(4,5)6)21(30)34-24(7,8)9/h10-15,17-18H,1-9H3,(H2,26,27,31)/t15?,17-,18-/m0/s1. The topological polar surface area (TPSA) is 128 Å². The van der Waals surface area contributed by atoms with E-state index in [1.54, 1.807) is 52.2 Å². The monoisotopic (exact) mass is 475 g/mol. The maximum atomic E-state index is 13.0. The van der Waals surface area contributed by atoms with E-state index in [-0.39, 0.29) is 11.8 Å². The summed E-state index contributed by atoms with van der Waals surface area (Å²) in [6.07, 6.45) is 2.62. The summed E-state index contributed by atoms with van der Waals surface area (Å²) in [6, 6.07) is 1.32. The highest BCUT2D eigenvalue weighted by Crippen LogP contribution is 2.24. The third kappa shape index (κ3) is 8.40. The molecule has 34 heavy (non-hydrogen) atoms. The normalized spacial score (nSPS) is 14.9. The number of aromatic nitrogens is 3. The first-order valence-electron chi connectivity index (χ1n) is 11.4. The zero-order chi connectivity index (χ0) is 25.7. The van der Waals surface area contributed by atoms with Gasteiger partial charge in [-0.15, -0.1) is 10.2 Å². The predicted molar refractivity (Wildman–Crippen MR) is 127 cm³/mol. The molecule has 10 heteroatoms. The van der Waals surface area contributed by atoms with Gasteiger partial charge in [0.2, 0.25) is 11.8 Å². The zero-order valence-electron chi connectivity index (χ0n) is 21.5. The van der Waals surface area contributed by atoms with Gasteiger partial charge in [-0.25, -0.2) is 9.59 Å². The Bertz CT molecular complexity index is 947. The van der Waals surface area contributed by atoms with E-state index < -0.39 is 41.4 Å². The summed E-state index contributed by atoms with van der Waals surface area (Å²) in [5.41, 5.74) is -0.521. The molecule has 2 aromatic heterocycles. The van der Waals surface area contributed by atoms with Gasteiger partial charge in [-0.3, -0.25) is 4.98 Å². The summed E-state index contributed by atoms with van der Waals surface area (Å²) < 4.78 is 17.3. The molecule has 2 N–H and O–H groups in total. The van der Waals surface area contributed by atoms with Gasteiger partial charge in [-0.05, 0) is 66.5 Å². The Hall–Kier alpha value is -3.01. The molecule has 188 valence electrons. The molecule has 3 atom stereocenters. The summed E-state index contributed by atoms with van der Waals surface area (Å²) in [4.78, 5) is 29.8. The van der Waals surface area contributed by atoms with Crippen molar-refractivity contribution >= 4 is 12.0 Å². The Morgan fingerprint density at radius 3 is 2.09 bits per heavy atom. The summed E-state index contributed by atoms with van der Waals surface area (Å²) in [5.74, 6) is -0.0770. The number of carbonyl (C=O) groups is 2. The van der Waals surface area contributed by atoms with Crippen molar-refractivity contribution in [3.8, 4) is 11.5 Å². The molecule has 2 aromatic rings. The molecule has 0 aliphatic heterocycles. The van der Waals surface area contributed by atoms with Gasteiger partial charge < -0.3 is 24.5 Å². The van der Waals surface area contributed by atoms with Crippen LogP contribution in [0.25, 0.3) is 11.5 Å². The lowest BCUT2D eigenvalue weighted by atomic mass is 10.0. The number of nitrogens with zero attached hydrogens (tertiary/aromatic N) is 3. The third-order valence-corrected chi connectivity index (χ3v) is 4.54. The van der Waals surface area contributed by atoms with Gasteiger partial charge in [0.15, 0.2) is 6.04 Å². The molecule has 0 aliphatic rings. The van der Waals surface area contributed by atoms with Gasteiger partial charge in [0.25, 0.3) is 0 Å². The number of esters is 1. The summed E-state index contributed by atoms with van der Waals surface area (Å²) in [6.45, 7) is 16.5. The van der Waals surface area contributed by atoms with Crippen molar-refractivity contribution < 1.29 is 23.5 Å². The van der Waals surface area contributed by atoms with Crippen molar-refractivity contribution in [3.05, 3.63) is 30.4 Å². The average molecular weight is 476 g/mol. The smallest absolute Gasteiger partial charge is 0.331 e. The lowest BCUT2D eigenvalue weighted by Crippen LogP contribution is -2.55. The number of hydrogen-bond donors (Lipinski definition) is 2. The van der Waals surface area contributed by atoms with Crippen molar-refractivity contribution in [1.82, 2.24) is 25.8 Å². The molecule has 0 aliphatic carbocycles. The molecule has 2 amide bonds.